The van der Waals surface area contributed by atoms with Gasteiger partial charge in [0.2, 0.25) is 5.95 Å². The number of para-hydroxylation sites is 1. The van der Waals surface area contributed by atoms with Crippen molar-refractivity contribution in [2.45, 2.75) is 12.3 Å². The Kier molecular flexibility index (Phi) is 6.81. The van der Waals surface area contributed by atoms with Crippen molar-refractivity contribution >= 4 is 58.9 Å². The first-order chi connectivity index (χ1) is 24.8. The third-order valence-electron chi connectivity index (χ3n) is 10.0. The Balaban J connectivity index is 1.03. The van der Waals surface area contributed by atoms with Gasteiger partial charge < -0.3 is 0 Å². The molecule has 3 heterocycles. The van der Waals surface area contributed by atoms with Crippen molar-refractivity contribution in [2.75, 3.05) is 0 Å². The van der Waals surface area contributed by atoms with Gasteiger partial charge in [-0.25, -0.2) is 9.97 Å². The lowest BCUT2D eigenvalue weighted by atomic mass is 9.87. The van der Waals surface area contributed by atoms with Crippen LogP contribution in [-0.2, 0) is 0 Å². The summed E-state index contributed by atoms with van der Waals surface area (Å²) < 4.78 is 4.85. The predicted molar refractivity (Wildman–Crippen MR) is 211 cm³/mol. The third-order valence-corrected chi connectivity index (χ3v) is 11.3. The van der Waals surface area contributed by atoms with Crippen LogP contribution in [0.25, 0.3) is 75.9 Å². The second kappa shape index (κ2) is 11.8. The van der Waals surface area contributed by atoms with Gasteiger partial charge in [0, 0.05) is 48.6 Å². The fraction of sp³-hybridized carbons (Fsp3) is 0.0435. The second-order valence-corrected chi connectivity index (χ2v) is 14.0. The predicted octanol–water partition coefficient (Wildman–Crippen LogP) is 12.4. The standard InChI is InChI=1S/C46H31N3S/c1-2-10-30(11-3-1)33-12-8-13-34(28-33)31-20-22-32(23-21-31)41-26-27-47-46(48-41)49-42-18-6-4-14-37(42)40-29-35(24-25-43(40)49)36-16-9-17-39-38-15-5-7-19-44(38)50-45(36)39/h1-12,14-29,34H,13H2. The van der Waals surface area contributed by atoms with Crippen LogP contribution in [0.3, 0.4) is 0 Å². The van der Waals surface area contributed by atoms with E-state index in [-0.39, 0.29) is 0 Å². The molecule has 3 nitrogen and oxygen atoms in total. The summed E-state index contributed by atoms with van der Waals surface area (Å²) in [4.78, 5) is 9.98. The molecule has 0 saturated carbocycles. The van der Waals surface area contributed by atoms with E-state index in [1.807, 2.05) is 23.6 Å². The SMILES string of the molecule is C1=CC(c2ccccc2)=CC(c2ccc(-c3ccnc(-n4c5ccccc5c5cc(-c6cccc7c6sc6ccccc67)ccc54)n3)cc2)C1. The van der Waals surface area contributed by atoms with Crippen LogP contribution in [0.5, 0.6) is 0 Å². The minimum absolute atomic E-state index is 0.346. The van der Waals surface area contributed by atoms with Crippen LogP contribution in [0, 0.1) is 0 Å². The van der Waals surface area contributed by atoms with Crippen LogP contribution >= 0.6 is 11.3 Å². The molecule has 1 atom stereocenters. The normalized spacial score (nSPS) is 14.6. The molecule has 1 unspecified atom stereocenters. The molecular formula is C46H31N3S. The first kappa shape index (κ1) is 28.9. The molecule has 0 radical (unpaired) electrons. The van der Waals surface area contributed by atoms with Crippen LogP contribution in [0.1, 0.15) is 23.5 Å². The maximum Gasteiger partial charge on any atom is 0.235 e. The molecule has 0 aliphatic heterocycles. The number of nitrogens with zero attached hydrogens (tertiary/aromatic N) is 3. The van der Waals surface area contributed by atoms with Gasteiger partial charge in [0.15, 0.2) is 0 Å². The molecule has 1 aliphatic rings. The van der Waals surface area contributed by atoms with Crippen molar-refractivity contribution in [3.05, 3.63) is 181 Å². The third kappa shape index (κ3) is 4.80. The number of fused-ring (bicyclic) bond motifs is 6. The molecule has 3 aromatic heterocycles. The molecule has 10 rings (SSSR count). The Morgan fingerprint density at radius 3 is 2.26 bits per heavy atom. The van der Waals surface area contributed by atoms with Crippen molar-refractivity contribution in [3.63, 3.8) is 0 Å². The summed E-state index contributed by atoms with van der Waals surface area (Å²) in [5.41, 5.74) is 10.5. The van der Waals surface area contributed by atoms with E-state index >= 15 is 0 Å². The Morgan fingerprint density at radius 1 is 0.600 bits per heavy atom. The summed E-state index contributed by atoms with van der Waals surface area (Å²) in [5.74, 6) is 1.02. The summed E-state index contributed by atoms with van der Waals surface area (Å²) in [6.45, 7) is 0. The highest BCUT2D eigenvalue weighted by Crippen LogP contribution is 2.42. The molecule has 0 spiro atoms. The molecule has 0 saturated heterocycles. The van der Waals surface area contributed by atoms with Crippen LogP contribution < -0.4 is 0 Å². The average molecular weight is 658 g/mol. The minimum atomic E-state index is 0.346. The lowest BCUT2D eigenvalue weighted by Gasteiger charge is -2.18. The number of thiophene rings is 1. The van der Waals surface area contributed by atoms with Gasteiger partial charge in [0.1, 0.15) is 0 Å². The van der Waals surface area contributed by atoms with Crippen molar-refractivity contribution in [2.24, 2.45) is 0 Å². The lowest BCUT2D eigenvalue weighted by molar-refractivity contribution is 0.857. The number of aromatic nitrogens is 3. The smallest absolute Gasteiger partial charge is 0.235 e. The van der Waals surface area contributed by atoms with Crippen molar-refractivity contribution in [1.29, 1.82) is 0 Å². The minimum Gasteiger partial charge on any atom is -0.278 e. The van der Waals surface area contributed by atoms with Crippen LogP contribution in [0.2, 0.25) is 0 Å². The van der Waals surface area contributed by atoms with Gasteiger partial charge in [-0.05, 0) is 64.6 Å². The van der Waals surface area contributed by atoms with Gasteiger partial charge in [0.05, 0.1) is 16.7 Å². The summed E-state index contributed by atoms with van der Waals surface area (Å²) in [6.07, 6.45) is 9.80. The van der Waals surface area contributed by atoms with Crippen LogP contribution in [0.15, 0.2) is 170 Å². The molecule has 236 valence electrons. The Labute approximate surface area is 294 Å². The molecule has 50 heavy (non-hydrogen) atoms. The fourth-order valence-corrected chi connectivity index (χ4v) is 8.82. The van der Waals surface area contributed by atoms with E-state index in [1.165, 1.54) is 58.8 Å². The molecule has 0 fully saturated rings. The highest BCUT2D eigenvalue weighted by atomic mass is 32.1. The zero-order valence-electron chi connectivity index (χ0n) is 27.2. The van der Waals surface area contributed by atoms with Gasteiger partial charge in [-0.2, -0.15) is 0 Å². The monoisotopic (exact) mass is 657 g/mol. The molecule has 4 heteroatoms. The Morgan fingerprint density at radius 2 is 1.36 bits per heavy atom. The second-order valence-electron chi connectivity index (χ2n) is 13.0. The van der Waals surface area contributed by atoms with E-state index in [2.05, 4.69) is 162 Å². The zero-order valence-corrected chi connectivity index (χ0v) is 28.0. The Bertz CT molecular complexity index is 2780. The summed E-state index contributed by atoms with van der Waals surface area (Å²) in [5, 5.41) is 5.02. The first-order valence-corrected chi connectivity index (χ1v) is 17.9. The van der Waals surface area contributed by atoms with E-state index in [9.17, 15) is 0 Å². The van der Waals surface area contributed by atoms with E-state index in [1.54, 1.807) is 0 Å². The van der Waals surface area contributed by atoms with Gasteiger partial charge in [0.25, 0.3) is 0 Å². The highest BCUT2D eigenvalue weighted by molar-refractivity contribution is 7.26. The van der Waals surface area contributed by atoms with Gasteiger partial charge >= 0.3 is 0 Å². The first-order valence-electron chi connectivity index (χ1n) is 17.1. The molecule has 6 aromatic carbocycles. The quantitative estimate of drug-likeness (QED) is 0.184. The van der Waals surface area contributed by atoms with Crippen molar-refractivity contribution in [3.8, 4) is 28.3 Å². The average Bonchev–Trinajstić information content (AvgIpc) is 3.74. The zero-order chi connectivity index (χ0) is 33.0. The molecule has 0 N–H and O–H groups in total. The maximum atomic E-state index is 5.16. The largest absolute Gasteiger partial charge is 0.278 e. The van der Waals surface area contributed by atoms with Gasteiger partial charge in [-0.1, -0.05) is 133 Å². The number of benzene rings is 6. The van der Waals surface area contributed by atoms with Crippen molar-refractivity contribution in [1.82, 2.24) is 14.5 Å². The summed E-state index contributed by atoms with van der Waals surface area (Å²) in [7, 11) is 0. The molecule has 0 bridgehead atoms. The maximum absolute atomic E-state index is 5.16. The van der Waals surface area contributed by atoms with Gasteiger partial charge in [-0.15, -0.1) is 11.3 Å². The molecule has 1 aliphatic carbocycles. The van der Waals surface area contributed by atoms with Crippen molar-refractivity contribution < 1.29 is 0 Å². The number of hydrogen-bond donors (Lipinski definition) is 0. The summed E-state index contributed by atoms with van der Waals surface area (Å²) >= 11 is 1.87. The van der Waals surface area contributed by atoms with E-state index < -0.39 is 0 Å². The fourth-order valence-electron chi connectivity index (χ4n) is 7.59. The summed E-state index contributed by atoms with van der Waals surface area (Å²) in [6, 6.07) is 52.3. The van der Waals surface area contributed by atoms with E-state index in [4.69, 9.17) is 9.97 Å². The lowest BCUT2D eigenvalue weighted by Crippen LogP contribution is -2.02. The van der Waals surface area contributed by atoms with Gasteiger partial charge in [-0.3, -0.25) is 4.57 Å². The Hall–Kier alpha value is -6.10. The number of rotatable bonds is 5. The molecule has 0 amide bonds. The molecule has 9 aromatic rings. The van der Waals surface area contributed by atoms with E-state index in [0.717, 1.165) is 28.7 Å². The number of allylic oxidation sites excluding steroid dienone is 4. The topological polar surface area (TPSA) is 30.7 Å². The van der Waals surface area contributed by atoms with Crippen LogP contribution in [0.4, 0.5) is 0 Å². The van der Waals surface area contributed by atoms with E-state index in [0.29, 0.717) is 11.9 Å². The highest BCUT2D eigenvalue weighted by Gasteiger charge is 2.18. The molecular weight excluding hydrogens is 627 g/mol. The van der Waals surface area contributed by atoms with Crippen LogP contribution in [-0.4, -0.2) is 14.5 Å². The number of hydrogen-bond acceptors (Lipinski definition) is 3.